The maximum Gasteiger partial charge on any atom is 0.257 e. The van der Waals surface area contributed by atoms with Gasteiger partial charge in [-0.25, -0.2) is 8.42 Å². The van der Waals surface area contributed by atoms with Crippen molar-refractivity contribution in [1.29, 1.82) is 0 Å². The molecule has 0 aliphatic heterocycles. The van der Waals surface area contributed by atoms with E-state index in [1.54, 1.807) is 19.1 Å². The summed E-state index contributed by atoms with van der Waals surface area (Å²) >= 11 is 12.1. The summed E-state index contributed by atoms with van der Waals surface area (Å²) in [6, 6.07) is 7.48. The summed E-state index contributed by atoms with van der Waals surface area (Å²) in [7, 11) is -0.808. The zero-order chi connectivity index (χ0) is 21.1. The van der Waals surface area contributed by atoms with E-state index in [4.69, 9.17) is 32.7 Å². The third-order valence-electron chi connectivity index (χ3n) is 3.88. The Labute approximate surface area is 174 Å². The maximum absolute atomic E-state index is 13.0. The molecule has 0 bridgehead atoms. The van der Waals surface area contributed by atoms with Crippen molar-refractivity contribution in [1.82, 2.24) is 0 Å². The molecule has 0 saturated carbocycles. The van der Waals surface area contributed by atoms with E-state index in [-0.39, 0.29) is 34.3 Å². The van der Waals surface area contributed by atoms with Crippen LogP contribution in [0.5, 0.6) is 11.5 Å². The van der Waals surface area contributed by atoms with E-state index in [2.05, 4.69) is 5.32 Å². The largest absolute Gasteiger partial charge is 0.493 e. The quantitative estimate of drug-likeness (QED) is 0.693. The molecule has 0 aliphatic carbocycles. The van der Waals surface area contributed by atoms with Crippen LogP contribution in [0, 0.1) is 0 Å². The molecule has 0 spiro atoms. The number of sulfonamides is 1. The zero-order valence-corrected chi connectivity index (χ0v) is 18.1. The molecule has 0 heterocycles. The standard InChI is InChI=1S/C18H20Cl2N2O5S/c1-5-22(28(4,24)25)15-10-17(27-3)16(26-2)9-12(15)18(23)21-14-8-11(19)6-7-13(14)20/h6-10H,5H2,1-4H3,(H,21,23). The highest BCUT2D eigenvalue weighted by molar-refractivity contribution is 7.92. The van der Waals surface area contributed by atoms with Gasteiger partial charge in [-0.05, 0) is 31.2 Å². The van der Waals surface area contributed by atoms with Crippen molar-refractivity contribution in [3.05, 3.63) is 45.9 Å². The van der Waals surface area contributed by atoms with E-state index in [1.807, 2.05) is 0 Å². The molecular formula is C18H20Cl2N2O5S. The summed E-state index contributed by atoms with van der Waals surface area (Å²) in [5.41, 5.74) is 0.515. The van der Waals surface area contributed by atoms with Gasteiger partial charge in [-0.15, -0.1) is 0 Å². The van der Waals surface area contributed by atoms with E-state index < -0.39 is 15.9 Å². The van der Waals surface area contributed by atoms with Gasteiger partial charge in [0.15, 0.2) is 11.5 Å². The second kappa shape index (κ2) is 8.89. The molecule has 10 heteroatoms. The number of rotatable bonds is 7. The van der Waals surface area contributed by atoms with Crippen LogP contribution in [0.3, 0.4) is 0 Å². The molecular weight excluding hydrogens is 427 g/mol. The Morgan fingerprint density at radius 1 is 1.11 bits per heavy atom. The number of nitrogens with zero attached hydrogens (tertiary/aromatic N) is 1. The first-order valence-corrected chi connectivity index (χ1v) is 10.7. The fourth-order valence-corrected chi connectivity index (χ4v) is 3.94. The highest BCUT2D eigenvalue weighted by Gasteiger charge is 2.25. The number of hydrogen-bond donors (Lipinski definition) is 1. The molecule has 0 radical (unpaired) electrons. The Balaban J connectivity index is 2.62. The molecule has 2 aromatic rings. The normalized spacial score (nSPS) is 11.1. The minimum absolute atomic E-state index is 0.0703. The highest BCUT2D eigenvalue weighted by atomic mass is 35.5. The molecule has 2 rings (SSSR count). The van der Waals surface area contributed by atoms with Crippen LogP contribution in [0.25, 0.3) is 0 Å². The monoisotopic (exact) mass is 446 g/mol. The minimum Gasteiger partial charge on any atom is -0.493 e. The van der Waals surface area contributed by atoms with Crippen molar-refractivity contribution in [2.75, 3.05) is 36.6 Å². The smallest absolute Gasteiger partial charge is 0.257 e. The molecule has 0 aliphatic rings. The third kappa shape index (κ3) is 4.81. The van der Waals surface area contributed by atoms with Gasteiger partial charge < -0.3 is 14.8 Å². The van der Waals surface area contributed by atoms with E-state index in [9.17, 15) is 13.2 Å². The zero-order valence-electron chi connectivity index (χ0n) is 15.7. The topological polar surface area (TPSA) is 84.9 Å². The lowest BCUT2D eigenvalue weighted by Gasteiger charge is -2.24. The molecule has 0 fully saturated rings. The number of hydrogen-bond acceptors (Lipinski definition) is 5. The van der Waals surface area contributed by atoms with E-state index in [0.717, 1.165) is 10.6 Å². The first-order valence-electron chi connectivity index (χ1n) is 8.12. The SMILES string of the molecule is CCN(c1cc(OC)c(OC)cc1C(=O)Nc1cc(Cl)ccc1Cl)S(C)(=O)=O. The molecule has 1 N–H and O–H groups in total. The van der Waals surface area contributed by atoms with Gasteiger partial charge in [0.25, 0.3) is 5.91 Å². The van der Waals surface area contributed by atoms with Gasteiger partial charge in [0.2, 0.25) is 10.0 Å². The lowest BCUT2D eigenvalue weighted by Crippen LogP contribution is -2.31. The van der Waals surface area contributed by atoms with Crippen LogP contribution >= 0.6 is 23.2 Å². The van der Waals surface area contributed by atoms with Crippen molar-refractivity contribution in [3.63, 3.8) is 0 Å². The molecule has 28 heavy (non-hydrogen) atoms. The second-order valence-electron chi connectivity index (χ2n) is 5.73. The number of benzene rings is 2. The summed E-state index contributed by atoms with van der Waals surface area (Å²) in [4.78, 5) is 13.0. The Morgan fingerprint density at radius 2 is 1.71 bits per heavy atom. The number of ether oxygens (including phenoxy) is 2. The Kier molecular flexibility index (Phi) is 7.03. The van der Waals surface area contributed by atoms with E-state index >= 15 is 0 Å². The molecule has 0 saturated heterocycles. The van der Waals surface area contributed by atoms with Crippen LogP contribution in [0.15, 0.2) is 30.3 Å². The number of amides is 1. The van der Waals surface area contributed by atoms with Crippen molar-refractivity contribution in [2.45, 2.75) is 6.92 Å². The first-order chi connectivity index (χ1) is 13.1. The summed E-state index contributed by atoms with van der Waals surface area (Å²) < 4.78 is 36.1. The highest BCUT2D eigenvalue weighted by Crippen LogP contribution is 2.37. The van der Waals surface area contributed by atoms with Crippen LogP contribution in [0.4, 0.5) is 11.4 Å². The summed E-state index contributed by atoms with van der Waals surface area (Å²) in [5.74, 6) is -0.0164. The maximum atomic E-state index is 13.0. The number of carbonyl (C=O) groups is 1. The molecule has 0 atom stereocenters. The minimum atomic E-state index is -3.65. The fourth-order valence-electron chi connectivity index (χ4n) is 2.62. The fraction of sp³-hybridized carbons (Fsp3) is 0.278. The van der Waals surface area contributed by atoms with Crippen molar-refractivity contribution < 1.29 is 22.7 Å². The van der Waals surface area contributed by atoms with Crippen LogP contribution < -0.4 is 19.1 Å². The number of methoxy groups -OCH3 is 2. The van der Waals surface area contributed by atoms with Crippen LogP contribution in [0.2, 0.25) is 10.0 Å². The van der Waals surface area contributed by atoms with Crippen LogP contribution in [-0.2, 0) is 10.0 Å². The van der Waals surface area contributed by atoms with Crippen molar-refractivity contribution in [2.24, 2.45) is 0 Å². The lowest BCUT2D eigenvalue weighted by atomic mass is 10.1. The van der Waals surface area contributed by atoms with E-state index in [0.29, 0.717) is 10.7 Å². The molecule has 1 amide bonds. The average Bonchev–Trinajstić information content (AvgIpc) is 2.63. The molecule has 152 valence electrons. The van der Waals surface area contributed by atoms with Crippen LogP contribution in [-0.4, -0.2) is 41.3 Å². The van der Waals surface area contributed by atoms with Gasteiger partial charge in [-0.3, -0.25) is 9.10 Å². The summed E-state index contributed by atoms with van der Waals surface area (Å²) in [5, 5.41) is 3.33. The average molecular weight is 447 g/mol. The predicted molar refractivity (Wildman–Crippen MR) is 112 cm³/mol. The molecule has 0 unspecified atom stereocenters. The Bertz CT molecular complexity index is 996. The van der Waals surface area contributed by atoms with Gasteiger partial charge in [-0.1, -0.05) is 23.2 Å². The second-order valence-corrected chi connectivity index (χ2v) is 8.48. The molecule has 0 aromatic heterocycles. The number of nitrogens with one attached hydrogen (secondary N) is 1. The summed E-state index contributed by atoms with van der Waals surface area (Å²) in [6.07, 6.45) is 1.06. The van der Waals surface area contributed by atoms with Crippen molar-refractivity contribution in [3.8, 4) is 11.5 Å². The van der Waals surface area contributed by atoms with Gasteiger partial charge >= 0.3 is 0 Å². The predicted octanol–water partition coefficient (Wildman–Crippen LogP) is 4.05. The lowest BCUT2D eigenvalue weighted by molar-refractivity contribution is 0.102. The third-order valence-corrected chi connectivity index (χ3v) is 5.70. The van der Waals surface area contributed by atoms with Gasteiger partial charge in [-0.2, -0.15) is 0 Å². The van der Waals surface area contributed by atoms with E-state index in [1.165, 1.54) is 32.4 Å². The first kappa shape index (κ1) is 22.1. The van der Waals surface area contributed by atoms with Gasteiger partial charge in [0.1, 0.15) is 0 Å². The van der Waals surface area contributed by atoms with Crippen molar-refractivity contribution >= 4 is 50.5 Å². The molecule has 2 aromatic carbocycles. The Morgan fingerprint density at radius 3 is 2.25 bits per heavy atom. The number of halogens is 2. The van der Waals surface area contributed by atoms with Crippen LogP contribution in [0.1, 0.15) is 17.3 Å². The van der Waals surface area contributed by atoms with Gasteiger partial charge in [0.05, 0.1) is 42.4 Å². The number of carbonyl (C=O) groups excluding carboxylic acids is 1. The van der Waals surface area contributed by atoms with Gasteiger partial charge in [0, 0.05) is 17.6 Å². The molecule has 7 nitrogen and oxygen atoms in total. The Hall–Kier alpha value is -2.16. The number of anilines is 2. The summed E-state index contributed by atoms with van der Waals surface area (Å²) in [6.45, 7) is 1.78.